The molecule has 0 aliphatic heterocycles. The Morgan fingerprint density at radius 1 is 1.24 bits per heavy atom. The van der Waals surface area contributed by atoms with Crippen molar-refractivity contribution in [2.45, 2.75) is 0 Å². The molecule has 0 saturated heterocycles. The van der Waals surface area contributed by atoms with E-state index in [1.807, 2.05) is 17.5 Å². The van der Waals surface area contributed by atoms with Gasteiger partial charge in [-0.1, -0.05) is 0 Å². The van der Waals surface area contributed by atoms with Crippen molar-refractivity contribution in [3.8, 4) is 0 Å². The zero-order valence-corrected chi connectivity index (χ0v) is 10.8. The maximum absolute atomic E-state index is 12.1. The number of hydrogen-bond donors (Lipinski definition) is 2. The molecule has 0 radical (unpaired) electrons. The molecule has 0 fully saturated rings. The van der Waals surface area contributed by atoms with Crippen LogP contribution in [0.2, 0.25) is 0 Å². The predicted octanol–water partition coefficient (Wildman–Crippen LogP) is 1.39. The molecule has 0 aliphatic rings. The van der Waals surface area contributed by atoms with Gasteiger partial charge in [0.05, 0.1) is 18.1 Å². The highest BCUT2D eigenvalue weighted by atomic mass is 32.1. The van der Waals surface area contributed by atoms with E-state index in [0.29, 0.717) is 4.88 Å². The van der Waals surface area contributed by atoms with Crippen molar-refractivity contribution >= 4 is 38.0 Å². The SMILES string of the molecule is O=C(c1cc2sccc2s1)N(CCO)CCO. The van der Waals surface area contributed by atoms with E-state index in [4.69, 9.17) is 10.2 Å². The fraction of sp³-hybridized carbons (Fsp3) is 0.364. The van der Waals surface area contributed by atoms with Crippen LogP contribution in [0.15, 0.2) is 17.5 Å². The molecule has 0 aromatic carbocycles. The molecule has 92 valence electrons. The summed E-state index contributed by atoms with van der Waals surface area (Å²) >= 11 is 3.05. The minimum atomic E-state index is -0.124. The van der Waals surface area contributed by atoms with Gasteiger partial charge in [0.2, 0.25) is 0 Å². The van der Waals surface area contributed by atoms with Gasteiger partial charge in [-0.3, -0.25) is 4.79 Å². The highest BCUT2D eigenvalue weighted by Gasteiger charge is 2.17. The van der Waals surface area contributed by atoms with Crippen molar-refractivity contribution in [3.05, 3.63) is 22.4 Å². The Hall–Kier alpha value is -0.950. The molecule has 0 unspecified atom stereocenters. The molecule has 2 N–H and O–H groups in total. The first-order chi connectivity index (χ1) is 8.26. The second kappa shape index (κ2) is 5.59. The quantitative estimate of drug-likeness (QED) is 0.864. The Bertz CT molecular complexity index is 471. The van der Waals surface area contributed by atoms with Crippen LogP contribution in [-0.4, -0.2) is 47.3 Å². The number of carbonyl (C=O) groups is 1. The lowest BCUT2D eigenvalue weighted by Crippen LogP contribution is -2.35. The van der Waals surface area contributed by atoms with Crippen LogP contribution in [0.5, 0.6) is 0 Å². The third-order valence-electron chi connectivity index (χ3n) is 2.38. The molecule has 6 heteroatoms. The van der Waals surface area contributed by atoms with Gasteiger partial charge in [-0.05, 0) is 17.5 Å². The summed E-state index contributed by atoms with van der Waals surface area (Å²) in [5.74, 6) is -0.124. The zero-order valence-electron chi connectivity index (χ0n) is 9.13. The fourth-order valence-electron chi connectivity index (χ4n) is 1.58. The Morgan fingerprint density at radius 2 is 1.94 bits per heavy atom. The smallest absolute Gasteiger partial charge is 0.264 e. The Labute approximate surface area is 107 Å². The summed E-state index contributed by atoms with van der Waals surface area (Å²) in [5.41, 5.74) is 0. The Balaban J connectivity index is 2.19. The van der Waals surface area contributed by atoms with Crippen molar-refractivity contribution in [1.82, 2.24) is 4.90 Å². The number of fused-ring (bicyclic) bond motifs is 1. The van der Waals surface area contributed by atoms with Crippen LogP contribution in [0.1, 0.15) is 9.67 Å². The lowest BCUT2D eigenvalue weighted by molar-refractivity contribution is 0.0689. The average molecular weight is 271 g/mol. The van der Waals surface area contributed by atoms with Gasteiger partial charge in [-0.25, -0.2) is 0 Å². The lowest BCUT2D eigenvalue weighted by Gasteiger charge is -2.19. The van der Waals surface area contributed by atoms with Crippen LogP contribution in [0.25, 0.3) is 9.40 Å². The highest BCUT2D eigenvalue weighted by Crippen LogP contribution is 2.30. The van der Waals surface area contributed by atoms with Gasteiger partial charge in [0.25, 0.3) is 5.91 Å². The molecule has 2 aromatic heterocycles. The first kappa shape index (κ1) is 12.5. The largest absolute Gasteiger partial charge is 0.395 e. The number of aliphatic hydroxyl groups excluding tert-OH is 2. The molecule has 0 spiro atoms. The van der Waals surface area contributed by atoms with E-state index in [0.717, 1.165) is 9.40 Å². The number of rotatable bonds is 5. The van der Waals surface area contributed by atoms with Gasteiger partial charge in [0, 0.05) is 22.5 Å². The molecule has 0 bridgehead atoms. The maximum Gasteiger partial charge on any atom is 0.264 e. The van der Waals surface area contributed by atoms with Crippen molar-refractivity contribution in [2.75, 3.05) is 26.3 Å². The predicted molar refractivity (Wildman–Crippen MR) is 69.8 cm³/mol. The van der Waals surface area contributed by atoms with Gasteiger partial charge in [-0.2, -0.15) is 0 Å². The number of nitrogens with zero attached hydrogens (tertiary/aromatic N) is 1. The lowest BCUT2D eigenvalue weighted by atomic mass is 10.3. The molecular weight excluding hydrogens is 258 g/mol. The summed E-state index contributed by atoms with van der Waals surface area (Å²) in [7, 11) is 0. The zero-order chi connectivity index (χ0) is 12.3. The molecule has 2 aromatic rings. The number of carbonyl (C=O) groups excluding carboxylic acids is 1. The molecule has 0 aliphatic carbocycles. The van der Waals surface area contributed by atoms with Gasteiger partial charge < -0.3 is 15.1 Å². The van der Waals surface area contributed by atoms with E-state index in [-0.39, 0.29) is 32.2 Å². The second-order valence-electron chi connectivity index (χ2n) is 3.50. The summed E-state index contributed by atoms with van der Waals surface area (Å²) in [4.78, 5) is 14.2. The fourth-order valence-corrected chi connectivity index (χ4v) is 3.66. The van der Waals surface area contributed by atoms with Crippen molar-refractivity contribution < 1.29 is 15.0 Å². The number of aliphatic hydroxyl groups is 2. The third kappa shape index (κ3) is 2.66. The normalized spacial score (nSPS) is 10.9. The molecule has 17 heavy (non-hydrogen) atoms. The standard InChI is InChI=1S/C11H13NO3S2/c13-4-2-12(3-5-14)11(15)10-7-9-8(17-10)1-6-16-9/h1,6-7,13-14H,2-5H2. The van der Waals surface area contributed by atoms with Crippen LogP contribution in [0.3, 0.4) is 0 Å². The monoisotopic (exact) mass is 271 g/mol. The van der Waals surface area contributed by atoms with E-state index < -0.39 is 0 Å². The van der Waals surface area contributed by atoms with E-state index in [2.05, 4.69) is 0 Å². The summed E-state index contributed by atoms with van der Waals surface area (Å²) in [6, 6.07) is 3.86. The van der Waals surface area contributed by atoms with Crippen LogP contribution in [-0.2, 0) is 0 Å². The molecule has 2 heterocycles. The van der Waals surface area contributed by atoms with Gasteiger partial charge in [-0.15, -0.1) is 22.7 Å². The highest BCUT2D eigenvalue weighted by molar-refractivity contribution is 7.27. The number of amides is 1. The molecule has 0 atom stereocenters. The molecule has 1 amide bonds. The minimum Gasteiger partial charge on any atom is -0.395 e. The van der Waals surface area contributed by atoms with Crippen molar-refractivity contribution in [3.63, 3.8) is 0 Å². The molecular formula is C11H13NO3S2. The van der Waals surface area contributed by atoms with E-state index in [9.17, 15) is 4.79 Å². The molecule has 2 rings (SSSR count). The summed E-state index contributed by atoms with van der Waals surface area (Å²) in [6.45, 7) is 0.326. The minimum absolute atomic E-state index is 0.0918. The Morgan fingerprint density at radius 3 is 2.53 bits per heavy atom. The summed E-state index contributed by atoms with van der Waals surface area (Å²) in [6.07, 6.45) is 0. The van der Waals surface area contributed by atoms with Gasteiger partial charge in [0.1, 0.15) is 0 Å². The summed E-state index contributed by atoms with van der Waals surface area (Å²) < 4.78 is 2.21. The number of hydrogen-bond acceptors (Lipinski definition) is 5. The van der Waals surface area contributed by atoms with E-state index in [1.165, 1.54) is 16.2 Å². The second-order valence-corrected chi connectivity index (χ2v) is 5.53. The maximum atomic E-state index is 12.1. The van der Waals surface area contributed by atoms with Gasteiger partial charge >= 0.3 is 0 Å². The van der Waals surface area contributed by atoms with Crippen molar-refractivity contribution in [1.29, 1.82) is 0 Å². The first-order valence-electron chi connectivity index (χ1n) is 5.24. The molecule has 4 nitrogen and oxygen atoms in total. The first-order valence-corrected chi connectivity index (χ1v) is 6.94. The van der Waals surface area contributed by atoms with Crippen LogP contribution in [0, 0.1) is 0 Å². The third-order valence-corrected chi connectivity index (χ3v) is 4.46. The number of thiophene rings is 2. The topological polar surface area (TPSA) is 60.8 Å². The van der Waals surface area contributed by atoms with E-state index in [1.54, 1.807) is 11.3 Å². The summed E-state index contributed by atoms with van der Waals surface area (Å²) in [5, 5.41) is 19.8. The van der Waals surface area contributed by atoms with Crippen LogP contribution >= 0.6 is 22.7 Å². The average Bonchev–Trinajstić information content (AvgIpc) is 2.87. The van der Waals surface area contributed by atoms with Crippen LogP contribution in [0.4, 0.5) is 0 Å². The Kier molecular flexibility index (Phi) is 4.11. The molecule has 0 saturated carbocycles. The van der Waals surface area contributed by atoms with Gasteiger partial charge in [0.15, 0.2) is 0 Å². The van der Waals surface area contributed by atoms with E-state index >= 15 is 0 Å². The van der Waals surface area contributed by atoms with Crippen molar-refractivity contribution in [2.24, 2.45) is 0 Å². The van der Waals surface area contributed by atoms with Crippen LogP contribution < -0.4 is 0 Å².